The first kappa shape index (κ1) is 13.4. The number of hydrogen-bond acceptors (Lipinski definition) is 2. The highest BCUT2D eigenvalue weighted by molar-refractivity contribution is 5.51. The second-order valence-corrected chi connectivity index (χ2v) is 4.51. The van der Waals surface area contributed by atoms with Crippen LogP contribution in [0.5, 0.6) is 5.75 Å². The Morgan fingerprint density at radius 1 is 1.16 bits per heavy atom. The van der Waals surface area contributed by atoms with E-state index < -0.39 is 0 Å². The van der Waals surface area contributed by atoms with Crippen molar-refractivity contribution in [2.45, 2.75) is 20.1 Å². The Hall–Kier alpha value is -2.06. The van der Waals surface area contributed by atoms with Crippen molar-refractivity contribution in [1.29, 1.82) is 0 Å². The molecule has 2 rings (SSSR count). The van der Waals surface area contributed by atoms with Crippen LogP contribution in [0.4, 0.5) is 0 Å². The van der Waals surface area contributed by atoms with Gasteiger partial charge in [-0.2, -0.15) is 0 Å². The molecule has 0 bridgehead atoms. The van der Waals surface area contributed by atoms with Gasteiger partial charge in [0.05, 0.1) is 0 Å². The van der Waals surface area contributed by atoms with Gasteiger partial charge < -0.3 is 10.5 Å². The molecule has 0 aromatic heterocycles. The van der Waals surface area contributed by atoms with Crippen LogP contribution in [0, 0.1) is 6.92 Å². The van der Waals surface area contributed by atoms with Crippen molar-refractivity contribution in [2.24, 2.45) is 5.73 Å². The summed E-state index contributed by atoms with van der Waals surface area (Å²) < 4.78 is 5.91. The van der Waals surface area contributed by atoms with Crippen molar-refractivity contribution in [3.05, 3.63) is 71.3 Å². The van der Waals surface area contributed by atoms with E-state index in [-0.39, 0.29) is 0 Å². The normalized spacial score (nSPS) is 10.2. The lowest BCUT2D eigenvalue weighted by Crippen LogP contribution is -2.03. The molecule has 0 spiro atoms. The monoisotopic (exact) mass is 253 g/mol. The molecule has 2 N–H and O–H groups in total. The minimum Gasteiger partial charge on any atom is -0.489 e. The summed E-state index contributed by atoms with van der Waals surface area (Å²) in [4.78, 5) is 0. The van der Waals surface area contributed by atoms with Gasteiger partial charge in [0, 0.05) is 12.1 Å². The van der Waals surface area contributed by atoms with E-state index in [4.69, 9.17) is 10.5 Å². The number of rotatable bonds is 5. The summed E-state index contributed by atoms with van der Waals surface area (Å²) >= 11 is 0. The predicted molar refractivity (Wildman–Crippen MR) is 79.9 cm³/mol. The summed E-state index contributed by atoms with van der Waals surface area (Å²) in [6, 6.07) is 14.2. The van der Waals surface area contributed by atoms with Crippen molar-refractivity contribution in [3.63, 3.8) is 0 Å². The van der Waals surface area contributed by atoms with Crippen LogP contribution in [-0.2, 0) is 13.2 Å². The molecule has 2 heteroatoms. The minimum absolute atomic E-state index is 0.485. The van der Waals surface area contributed by atoms with E-state index in [0.29, 0.717) is 13.2 Å². The highest BCUT2D eigenvalue weighted by Crippen LogP contribution is 2.22. The van der Waals surface area contributed by atoms with E-state index in [9.17, 15) is 0 Å². The quantitative estimate of drug-likeness (QED) is 0.882. The summed E-state index contributed by atoms with van der Waals surface area (Å²) in [6.07, 6.45) is 1.85. The fraction of sp³-hybridized carbons (Fsp3) is 0.176. The zero-order valence-electron chi connectivity index (χ0n) is 11.2. The average molecular weight is 253 g/mol. The van der Waals surface area contributed by atoms with Gasteiger partial charge in [-0.25, -0.2) is 0 Å². The number of nitrogens with two attached hydrogens (primary N) is 1. The molecule has 0 aliphatic heterocycles. The Balaban J connectivity index is 2.18. The van der Waals surface area contributed by atoms with Crippen molar-refractivity contribution < 1.29 is 4.74 Å². The van der Waals surface area contributed by atoms with Gasteiger partial charge in [-0.3, -0.25) is 0 Å². The molecule has 0 aliphatic rings. The van der Waals surface area contributed by atoms with Gasteiger partial charge in [0.15, 0.2) is 0 Å². The Morgan fingerprint density at radius 3 is 2.68 bits per heavy atom. The van der Waals surface area contributed by atoms with Crippen LogP contribution in [0.1, 0.15) is 22.3 Å². The average Bonchev–Trinajstić information content (AvgIpc) is 2.45. The molecule has 0 radical (unpaired) electrons. The fourth-order valence-electron chi connectivity index (χ4n) is 1.99. The lowest BCUT2D eigenvalue weighted by Gasteiger charge is -2.12. The Morgan fingerprint density at radius 2 is 1.95 bits per heavy atom. The van der Waals surface area contributed by atoms with Crippen LogP contribution >= 0.6 is 0 Å². The molecular formula is C17H19NO. The van der Waals surface area contributed by atoms with Crippen LogP contribution < -0.4 is 10.5 Å². The van der Waals surface area contributed by atoms with Gasteiger partial charge in [-0.1, -0.05) is 49.1 Å². The molecule has 0 amide bonds. The third-order valence-corrected chi connectivity index (χ3v) is 3.10. The maximum Gasteiger partial charge on any atom is 0.124 e. The van der Waals surface area contributed by atoms with Gasteiger partial charge in [0.25, 0.3) is 0 Å². The lowest BCUT2D eigenvalue weighted by molar-refractivity contribution is 0.302. The zero-order chi connectivity index (χ0) is 13.7. The van der Waals surface area contributed by atoms with Gasteiger partial charge in [-0.15, -0.1) is 0 Å². The molecule has 0 atom stereocenters. The van der Waals surface area contributed by atoms with Crippen LogP contribution in [0.25, 0.3) is 6.08 Å². The zero-order valence-corrected chi connectivity index (χ0v) is 11.2. The first-order valence-electron chi connectivity index (χ1n) is 6.37. The molecule has 0 heterocycles. The second-order valence-electron chi connectivity index (χ2n) is 4.51. The van der Waals surface area contributed by atoms with Crippen molar-refractivity contribution in [3.8, 4) is 5.75 Å². The molecule has 0 saturated carbocycles. The molecular weight excluding hydrogens is 234 g/mol. The summed E-state index contributed by atoms with van der Waals surface area (Å²) in [5.41, 5.74) is 10.2. The highest BCUT2D eigenvalue weighted by atomic mass is 16.5. The van der Waals surface area contributed by atoms with E-state index in [1.54, 1.807) is 0 Å². The topological polar surface area (TPSA) is 35.2 Å². The van der Waals surface area contributed by atoms with Crippen molar-refractivity contribution in [2.75, 3.05) is 0 Å². The SMILES string of the molecule is C=Cc1ccccc1COc1cc(C)ccc1CN. The van der Waals surface area contributed by atoms with Gasteiger partial charge in [0.1, 0.15) is 12.4 Å². The summed E-state index contributed by atoms with van der Waals surface area (Å²) in [5.74, 6) is 0.862. The molecule has 2 nitrogen and oxygen atoms in total. The Kier molecular flexibility index (Phi) is 4.37. The van der Waals surface area contributed by atoms with Gasteiger partial charge in [0.2, 0.25) is 0 Å². The maximum atomic E-state index is 5.91. The van der Waals surface area contributed by atoms with Gasteiger partial charge in [-0.05, 0) is 29.7 Å². The molecule has 0 unspecified atom stereocenters. The molecule has 2 aromatic rings. The Bertz CT molecular complexity index is 575. The minimum atomic E-state index is 0.485. The summed E-state index contributed by atoms with van der Waals surface area (Å²) in [7, 11) is 0. The Labute approximate surface area is 114 Å². The number of ether oxygens (including phenoxy) is 1. The molecule has 2 aromatic carbocycles. The van der Waals surface area contributed by atoms with Crippen LogP contribution in [-0.4, -0.2) is 0 Å². The summed E-state index contributed by atoms with van der Waals surface area (Å²) in [5, 5.41) is 0. The van der Waals surface area contributed by atoms with Crippen LogP contribution in [0.15, 0.2) is 49.0 Å². The molecule has 0 saturated heterocycles. The van der Waals surface area contributed by atoms with Crippen LogP contribution in [0.3, 0.4) is 0 Å². The highest BCUT2D eigenvalue weighted by Gasteiger charge is 2.04. The van der Waals surface area contributed by atoms with E-state index in [2.05, 4.69) is 12.6 Å². The van der Waals surface area contributed by atoms with E-state index in [0.717, 1.165) is 22.4 Å². The molecule has 98 valence electrons. The lowest BCUT2D eigenvalue weighted by atomic mass is 10.1. The van der Waals surface area contributed by atoms with E-state index in [1.165, 1.54) is 5.56 Å². The number of benzene rings is 2. The van der Waals surface area contributed by atoms with Crippen molar-refractivity contribution >= 4 is 6.08 Å². The first-order valence-corrected chi connectivity index (χ1v) is 6.37. The van der Waals surface area contributed by atoms with E-state index >= 15 is 0 Å². The van der Waals surface area contributed by atoms with Gasteiger partial charge >= 0.3 is 0 Å². The third kappa shape index (κ3) is 3.24. The molecule has 0 aliphatic carbocycles. The number of hydrogen-bond donors (Lipinski definition) is 1. The summed E-state index contributed by atoms with van der Waals surface area (Å²) in [6.45, 7) is 6.88. The van der Waals surface area contributed by atoms with Crippen molar-refractivity contribution in [1.82, 2.24) is 0 Å². The largest absolute Gasteiger partial charge is 0.489 e. The predicted octanol–water partition coefficient (Wildman–Crippen LogP) is 3.68. The smallest absolute Gasteiger partial charge is 0.124 e. The second kappa shape index (κ2) is 6.21. The van der Waals surface area contributed by atoms with E-state index in [1.807, 2.05) is 49.4 Å². The van der Waals surface area contributed by atoms with Crippen LogP contribution in [0.2, 0.25) is 0 Å². The standard InChI is InChI=1S/C17H19NO/c1-3-14-6-4-5-7-16(14)12-19-17-10-13(2)8-9-15(17)11-18/h3-10H,1,11-12,18H2,2H3. The first-order chi connectivity index (χ1) is 9.24. The number of aryl methyl sites for hydroxylation is 1. The maximum absolute atomic E-state index is 5.91. The molecule has 19 heavy (non-hydrogen) atoms. The molecule has 0 fully saturated rings. The fourth-order valence-corrected chi connectivity index (χ4v) is 1.99. The third-order valence-electron chi connectivity index (χ3n) is 3.10.